The summed E-state index contributed by atoms with van der Waals surface area (Å²) in [6.07, 6.45) is 5.89. The summed E-state index contributed by atoms with van der Waals surface area (Å²) >= 11 is 18.4. The van der Waals surface area contributed by atoms with E-state index in [1.807, 2.05) is 48.5 Å². The molecule has 28 nitrogen and oxygen atoms in total. The topological polar surface area (TPSA) is 363 Å². The Kier molecular flexibility index (Phi) is 20.8. The van der Waals surface area contributed by atoms with Gasteiger partial charge in [-0.1, -0.05) is 96.0 Å². The molecule has 0 amide bonds. The highest BCUT2D eigenvalue weighted by Gasteiger charge is 2.48. The summed E-state index contributed by atoms with van der Waals surface area (Å²) in [5.74, 6) is -0.273. The van der Waals surface area contributed by atoms with Crippen LogP contribution in [0, 0.1) is 0 Å². The molecule has 0 spiro atoms. The summed E-state index contributed by atoms with van der Waals surface area (Å²) in [7, 11) is -10.8. The number of nitrogen functional groups attached to an aromatic ring is 3. The molecule has 484 valence electrons. The van der Waals surface area contributed by atoms with Crippen molar-refractivity contribution < 1.29 is 55.0 Å². The van der Waals surface area contributed by atoms with E-state index < -0.39 is 52.0 Å². The van der Waals surface area contributed by atoms with Gasteiger partial charge in [-0.25, -0.2) is 24.1 Å². The van der Waals surface area contributed by atoms with Crippen molar-refractivity contribution in [2.24, 2.45) is 0 Å². The first kappa shape index (κ1) is 65.8. The molecule has 3 saturated heterocycles. The Labute approximate surface area is 540 Å². The Morgan fingerprint density at radius 3 is 1.24 bits per heavy atom. The third-order valence-corrected chi connectivity index (χ3v) is 21.6. The van der Waals surface area contributed by atoms with Crippen LogP contribution >= 0.6 is 57.6 Å². The summed E-state index contributed by atoms with van der Waals surface area (Å²) in [5.41, 5.74) is 18.9. The van der Waals surface area contributed by atoms with Gasteiger partial charge in [0.25, 0.3) is 5.56 Å². The number of ether oxygens (including phenoxy) is 3. The van der Waals surface area contributed by atoms with Gasteiger partial charge in [-0.15, -0.1) is 0 Å². The maximum atomic E-state index is 14.0. The maximum absolute atomic E-state index is 14.0. The molecule has 3 fully saturated rings. The largest absolute Gasteiger partial charge is 0.459 e. The molecule has 3 aliphatic heterocycles. The Hall–Kier alpha value is -7.71. The van der Waals surface area contributed by atoms with Crippen LogP contribution < -0.4 is 40.9 Å². The highest BCUT2D eigenvalue weighted by molar-refractivity contribution is 7.55. The van der Waals surface area contributed by atoms with Crippen molar-refractivity contribution in [3.05, 3.63) is 160 Å². The smallest absolute Gasteiger partial charge is 0.414 e. The Morgan fingerprint density at radius 1 is 0.489 bits per heavy atom. The van der Waals surface area contributed by atoms with Crippen LogP contribution in [0.5, 0.6) is 23.0 Å². The second-order valence-electron chi connectivity index (χ2n) is 20.9. The second-order valence-corrected chi connectivity index (χ2v) is 28.2. The number of H-pyrrole nitrogens is 1. The van der Waals surface area contributed by atoms with Crippen LogP contribution in [0.15, 0.2) is 139 Å². The SMILES string of the molecule is CCOP(=O)(OCC)[C@@H]1CC[C@@H](Cn2cnc3c(Cl)nc(N)nc32)O1.Nc1nc(Cl)c2ncn(C[C@@H]3CC[C@@H](P(=O)(Oc4ccccc4)Oc4ccccc4)O3)c2n1.Nc1nc2c(nc(Cl)n2C[C@@H]2CC[C@@H](P(=O)(Oc3ccccc3)Oc3ccccc3)O2)c(=O)[nH]1. The van der Waals surface area contributed by atoms with Crippen LogP contribution in [0.2, 0.25) is 15.6 Å². The van der Waals surface area contributed by atoms with Crippen LogP contribution in [0.4, 0.5) is 17.8 Å². The second kappa shape index (κ2) is 29.1. The zero-order chi connectivity index (χ0) is 64.6. The van der Waals surface area contributed by atoms with E-state index in [9.17, 15) is 18.5 Å². The monoisotopic (exact) mass is 1380 g/mol. The number of aromatic amines is 1. The molecule has 9 heterocycles. The summed E-state index contributed by atoms with van der Waals surface area (Å²) in [6, 6.07) is 35.5. The predicted molar refractivity (Wildman–Crippen MR) is 345 cm³/mol. The highest BCUT2D eigenvalue weighted by Crippen LogP contribution is 2.59. The molecule has 4 aromatic carbocycles. The minimum Gasteiger partial charge on any atom is -0.414 e. The lowest BCUT2D eigenvalue weighted by molar-refractivity contribution is 0.0520. The third kappa shape index (κ3) is 15.5. The fourth-order valence-electron chi connectivity index (χ4n) is 10.4. The van der Waals surface area contributed by atoms with E-state index in [0.717, 1.165) is 6.42 Å². The molecular formula is C58H63Cl3N15O13P3. The van der Waals surface area contributed by atoms with Crippen molar-refractivity contribution in [2.75, 3.05) is 30.4 Å². The van der Waals surface area contributed by atoms with Crippen molar-refractivity contribution in [2.45, 2.75) is 108 Å². The number of aromatic nitrogens is 12. The number of para-hydroxylation sites is 4. The predicted octanol–water partition coefficient (Wildman–Crippen LogP) is 12.0. The van der Waals surface area contributed by atoms with Crippen molar-refractivity contribution in [1.82, 2.24) is 58.6 Å². The third-order valence-electron chi connectivity index (χ3n) is 14.5. The first-order valence-electron chi connectivity index (χ1n) is 29.1. The lowest BCUT2D eigenvalue weighted by Gasteiger charge is -2.25. The number of anilines is 3. The quantitative estimate of drug-likeness (QED) is 0.0295. The molecule has 0 radical (unpaired) electrons. The maximum Gasteiger partial charge on any atom is 0.459 e. The number of nitrogens with zero attached hydrogens (tertiary/aromatic N) is 11. The zero-order valence-electron chi connectivity index (χ0n) is 49.4. The van der Waals surface area contributed by atoms with Crippen LogP contribution in [0.3, 0.4) is 0 Å². The van der Waals surface area contributed by atoms with E-state index in [-0.39, 0.29) is 63.4 Å². The van der Waals surface area contributed by atoms with Crippen LogP contribution in [-0.2, 0) is 56.6 Å². The van der Waals surface area contributed by atoms with Crippen molar-refractivity contribution >= 4 is 109 Å². The molecule has 10 aromatic rings. The number of halogens is 3. The number of imidazole rings is 3. The van der Waals surface area contributed by atoms with Crippen LogP contribution in [-0.4, -0.2) is 108 Å². The standard InChI is InChI=1S/C22H21ClN5O5P.C22H21ClN5O4P.C14H21ClN5O4P/c23-21-25-18-19(26-22(24)27-20(18)29)28(21)13-16-11-12-17(31-16)34(30,32-14-7-3-1-4-8-14)33-15-9-5-2-6-10-15;23-20-19-21(27-22(24)26-20)28(14-25-19)13-17-11-12-18(30-17)33(29,31-15-7-3-1-4-8-15)32-16-9-5-2-6-10-16;1-3-22-25(21,23-4-2)10-6-5-9(24-10)7-20-8-17-11-12(15)18-14(16)19-13(11)20/h1-10,16-17H,11-13H2,(H3,24,26,27,29);1-10,14,17-18H,11-13H2,(H2,24,26,27);8-10H,3-7H2,1-2H3,(H2,16,18,19)/t16-,17+;17-,18+;9-,10+/m000/s1. The fraction of sp³-hybridized carbons (Fsp3) is 0.328. The molecule has 92 heavy (non-hydrogen) atoms. The van der Waals surface area contributed by atoms with Crippen molar-refractivity contribution in [3.8, 4) is 23.0 Å². The number of nitrogens with one attached hydrogen (secondary N) is 1. The lowest BCUT2D eigenvalue weighted by atomic mass is 10.2. The van der Waals surface area contributed by atoms with Gasteiger partial charge >= 0.3 is 22.8 Å². The molecule has 7 N–H and O–H groups in total. The average molecular weight is 1380 g/mol. The fourth-order valence-corrected chi connectivity index (χ4v) is 16.8. The number of rotatable bonds is 21. The van der Waals surface area contributed by atoms with Gasteiger partial charge in [0, 0.05) is 0 Å². The van der Waals surface area contributed by atoms with E-state index >= 15 is 0 Å². The molecule has 0 unspecified atom stereocenters. The van der Waals surface area contributed by atoms with Gasteiger partial charge in [-0.05, 0) is 113 Å². The van der Waals surface area contributed by atoms with E-state index in [1.54, 1.807) is 113 Å². The van der Waals surface area contributed by atoms with E-state index in [1.165, 1.54) is 0 Å². The number of hydrogen-bond donors (Lipinski definition) is 4. The van der Waals surface area contributed by atoms with Crippen LogP contribution in [0.25, 0.3) is 33.5 Å². The van der Waals surface area contributed by atoms with Crippen molar-refractivity contribution in [1.29, 1.82) is 0 Å². The number of nitrogens with two attached hydrogens (primary N) is 3. The summed E-state index contributed by atoms with van der Waals surface area (Å²) in [4.78, 5) is 47.5. The van der Waals surface area contributed by atoms with Gasteiger partial charge in [0.1, 0.15) is 34.0 Å². The van der Waals surface area contributed by atoms with Crippen molar-refractivity contribution in [3.63, 3.8) is 0 Å². The van der Waals surface area contributed by atoms with Crippen LogP contribution in [0.1, 0.15) is 52.4 Å². The zero-order valence-corrected chi connectivity index (χ0v) is 54.3. The van der Waals surface area contributed by atoms with E-state index in [2.05, 4.69) is 44.9 Å². The Bertz CT molecular complexity index is 4270. The summed E-state index contributed by atoms with van der Waals surface area (Å²) in [6.45, 7) is 5.32. The van der Waals surface area contributed by atoms with E-state index in [4.69, 9.17) is 93.4 Å². The molecular weight excluding hydrogens is 1310 g/mol. The molecule has 3 aliphatic rings. The first-order chi connectivity index (χ1) is 44.4. The van der Waals surface area contributed by atoms with Gasteiger partial charge in [0.2, 0.25) is 23.1 Å². The van der Waals surface area contributed by atoms with Gasteiger partial charge in [-0.3, -0.25) is 18.9 Å². The van der Waals surface area contributed by atoms with E-state index in [0.29, 0.717) is 104 Å². The molecule has 34 heteroatoms. The molecule has 6 aromatic heterocycles. The van der Waals surface area contributed by atoms with Gasteiger partial charge in [0.15, 0.2) is 50.3 Å². The minimum atomic E-state index is -3.78. The summed E-state index contributed by atoms with van der Waals surface area (Å²) in [5, 5.41) is 0.483. The van der Waals surface area contributed by atoms with Gasteiger partial charge in [-0.2, -0.15) is 24.9 Å². The Morgan fingerprint density at radius 2 is 0.859 bits per heavy atom. The van der Waals surface area contributed by atoms with Gasteiger partial charge < -0.3 is 67.7 Å². The number of fused-ring (bicyclic) bond motifs is 3. The average Bonchev–Trinajstić information content (AvgIpc) is 1.65. The first-order valence-corrected chi connectivity index (χ1v) is 35.1. The Balaban J connectivity index is 0.000000143. The number of benzene rings is 4. The molecule has 0 saturated carbocycles. The van der Waals surface area contributed by atoms with Gasteiger partial charge in [0.05, 0.1) is 63.8 Å². The molecule has 0 bridgehead atoms. The highest BCUT2D eigenvalue weighted by atomic mass is 35.5. The molecule has 13 rings (SSSR count). The lowest BCUT2D eigenvalue weighted by Crippen LogP contribution is -2.21. The molecule has 6 atom stereocenters. The summed E-state index contributed by atoms with van der Waals surface area (Å²) < 4.78 is 98.5. The number of hydrogen-bond acceptors (Lipinski definition) is 24. The minimum absolute atomic E-state index is 0.0439. The normalized spacial score (nSPS) is 19.1. The molecule has 0 aliphatic carbocycles.